The van der Waals surface area contributed by atoms with Crippen molar-refractivity contribution in [3.8, 4) is 12.3 Å². The normalized spacial score (nSPS) is 12.8. The minimum Gasteiger partial charge on any atom is -0.426 e. The lowest BCUT2D eigenvalue weighted by atomic mass is 9.77. The van der Waals surface area contributed by atoms with E-state index in [9.17, 15) is 0 Å². The van der Waals surface area contributed by atoms with Crippen LogP contribution in [0.5, 0.6) is 0 Å². The summed E-state index contributed by atoms with van der Waals surface area (Å²) in [5, 5.41) is 17.6. The minimum absolute atomic E-state index is 0.263. The number of nitriles is 2. The van der Waals surface area contributed by atoms with Gasteiger partial charge in [-0.15, -0.1) is 0 Å². The van der Waals surface area contributed by atoms with Crippen LogP contribution in [0.25, 0.3) is 0 Å². The molecule has 0 aliphatic carbocycles. The molecule has 0 radical (unpaired) electrons. The van der Waals surface area contributed by atoms with E-state index < -0.39 is 5.41 Å². The molecule has 0 amide bonds. The molecule has 1 unspecified atom stereocenters. The lowest BCUT2D eigenvalue weighted by Crippen LogP contribution is -2.29. The zero-order valence-electron chi connectivity index (χ0n) is 11.2. The summed E-state index contributed by atoms with van der Waals surface area (Å²) >= 11 is 0. The Hall–Kier alpha value is -2.78. The lowest BCUT2D eigenvalue weighted by molar-refractivity contribution is 0.215. The van der Waals surface area contributed by atoms with Gasteiger partial charge in [-0.25, -0.2) is 0 Å². The SMILES string of the molecule is CC(COC#N)(c1ccccc1)c1ccc(C#N)cc1. The van der Waals surface area contributed by atoms with Crippen LogP contribution in [0.15, 0.2) is 54.6 Å². The molecule has 0 aliphatic heterocycles. The third-order valence-corrected chi connectivity index (χ3v) is 3.49. The van der Waals surface area contributed by atoms with E-state index in [1.807, 2.05) is 49.4 Å². The second kappa shape index (κ2) is 5.91. The maximum atomic E-state index is 8.87. The van der Waals surface area contributed by atoms with Gasteiger partial charge < -0.3 is 4.74 Å². The fourth-order valence-corrected chi connectivity index (χ4v) is 2.23. The second-order valence-electron chi connectivity index (χ2n) is 4.77. The van der Waals surface area contributed by atoms with Crippen LogP contribution in [-0.4, -0.2) is 6.61 Å². The third-order valence-electron chi connectivity index (χ3n) is 3.49. The molecule has 2 aromatic carbocycles. The van der Waals surface area contributed by atoms with Gasteiger partial charge >= 0.3 is 0 Å². The van der Waals surface area contributed by atoms with E-state index in [0.717, 1.165) is 11.1 Å². The Morgan fingerprint density at radius 3 is 2.10 bits per heavy atom. The van der Waals surface area contributed by atoms with E-state index in [0.29, 0.717) is 5.56 Å². The van der Waals surface area contributed by atoms with Crippen molar-refractivity contribution in [2.24, 2.45) is 0 Å². The molecule has 0 saturated heterocycles. The molecule has 0 saturated carbocycles. The van der Waals surface area contributed by atoms with Crippen molar-refractivity contribution in [1.82, 2.24) is 0 Å². The summed E-state index contributed by atoms with van der Waals surface area (Å²) in [6.45, 7) is 2.29. The van der Waals surface area contributed by atoms with Crippen LogP contribution in [0.3, 0.4) is 0 Å². The highest BCUT2D eigenvalue weighted by Crippen LogP contribution is 2.32. The third kappa shape index (κ3) is 2.63. The van der Waals surface area contributed by atoms with Gasteiger partial charge in [0, 0.05) is 0 Å². The summed E-state index contributed by atoms with van der Waals surface area (Å²) in [7, 11) is 0. The number of nitrogens with zero attached hydrogens (tertiary/aromatic N) is 2. The van der Waals surface area contributed by atoms with Crippen molar-refractivity contribution < 1.29 is 4.74 Å². The van der Waals surface area contributed by atoms with Crippen LogP contribution < -0.4 is 0 Å². The van der Waals surface area contributed by atoms with E-state index >= 15 is 0 Å². The van der Waals surface area contributed by atoms with Gasteiger partial charge in [-0.3, -0.25) is 0 Å². The van der Waals surface area contributed by atoms with E-state index in [1.54, 1.807) is 18.4 Å². The van der Waals surface area contributed by atoms with Gasteiger partial charge in [0.25, 0.3) is 6.26 Å². The van der Waals surface area contributed by atoms with E-state index in [1.165, 1.54) is 0 Å². The zero-order valence-corrected chi connectivity index (χ0v) is 11.2. The van der Waals surface area contributed by atoms with Crippen LogP contribution in [0.2, 0.25) is 0 Å². The Balaban J connectivity index is 2.46. The molecule has 2 aromatic rings. The van der Waals surface area contributed by atoms with Gasteiger partial charge in [0.15, 0.2) is 0 Å². The molecular weight excluding hydrogens is 248 g/mol. The molecule has 0 fully saturated rings. The summed E-state index contributed by atoms with van der Waals surface area (Å²) in [5.41, 5.74) is 2.27. The summed E-state index contributed by atoms with van der Waals surface area (Å²) < 4.78 is 5.00. The highest BCUT2D eigenvalue weighted by Gasteiger charge is 2.30. The Bertz CT molecular complexity index is 650. The molecule has 2 rings (SSSR count). The quantitative estimate of drug-likeness (QED) is 0.794. The number of ether oxygens (including phenoxy) is 1. The summed E-state index contributed by atoms with van der Waals surface area (Å²) in [6, 6.07) is 19.4. The minimum atomic E-state index is -0.426. The van der Waals surface area contributed by atoms with Crippen molar-refractivity contribution >= 4 is 0 Å². The van der Waals surface area contributed by atoms with Crippen molar-refractivity contribution in [3.63, 3.8) is 0 Å². The van der Waals surface area contributed by atoms with Crippen LogP contribution in [-0.2, 0) is 10.2 Å². The summed E-state index contributed by atoms with van der Waals surface area (Å²) in [5.74, 6) is 0. The van der Waals surface area contributed by atoms with Crippen LogP contribution in [0.1, 0.15) is 23.6 Å². The van der Waals surface area contributed by atoms with Crippen molar-refractivity contribution in [1.29, 1.82) is 10.5 Å². The number of hydrogen-bond acceptors (Lipinski definition) is 3. The lowest BCUT2D eigenvalue weighted by Gasteiger charge is -2.29. The van der Waals surface area contributed by atoms with Crippen LogP contribution in [0, 0.1) is 22.8 Å². The smallest absolute Gasteiger partial charge is 0.286 e. The Kier molecular flexibility index (Phi) is 4.03. The number of rotatable bonds is 4. The van der Waals surface area contributed by atoms with E-state index in [-0.39, 0.29) is 6.61 Å². The highest BCUT2D eigenvalue weighted by molar-refractivity contribution is 5.41. The molecule has 0 heterocycles. The first-order valence-corrected chi connectivity index (χ1v) is 6.28. The average molecular weight is 262 g/mol. The van der Waals surface area contributed by atoms with Gasteiger partial charge in [-0.1, -0.05) is 42.5 Å². The fraction of sp³-hybridized carbons (Fsp3) is 0.176. The molecule has 0 bridgehead atoms. The topological polar surface area (TPSA) is 56.8 Å². The standard InChI is InChI=1S/C17H14N2O/c1-17(12-20-13-19,15-5-3-2-4-6-15)16-9-7-14(11-18)8-10-16/h2-10H,12H2,1H3. The average Bonchev–Trinajstić information content (AvgIpc) is 2.53. The first-order chi connectivity index (χ1) is 9.70. The van der Waals surface area contributed by atoms with E-state index in [2.05, 4.69) is 6.07 Å². The second-order valence-corrected chi connectivity index (χ2v) is 4.77. The molecule has 3 nitrogen and oxygen atoms in total. The molecule has 1 atom stereocenters. The van der Waals surface area contributed by atoms with Gasteiger partial charge in [-0.05, 0) is 30.2 Å². The molecule has 0 aromatic heterocycles. The Labute approximate surface area is 118 Å². The number of benzene rings is 2. The van der Waals surface area contributed by atoms with Gasteiger partial charge in [0.05, 0.1) is 17.0 Å². The molecule has 20 heavy (non-hydrogen) atoms. The van der Waals surface area contributed by atoms with Crippen molar-refractivity contribution in [3.05, 3.63) is 71.3 Å². The molecule has 3 heteroatoms. The predicted molar refractivity (Wildman–Crippen MR) is 75.6 cm³/mol. The largest absolute Gasteiger partial charge is 0.426 e. The van der Waals surface area contributed by atoms with E-state index in [4.69, 9.17) is 15.3 Å². The maximum Gasteiger partial charge on any atom is 0.286 e. The number of hydrogen-bond donors (Lipinski definition) is 0. The maximum absolute atomic E-state index is 8.87. The Morgan fingerprint density at radius 2 is 1.55 bits per heavy atom. The van der Waals surface area contributed by atoms with Crippen molar-refractivity contribution in [2.75, 3.05) is 6.61 Å². The summed E-state index contributed by atoms with van der Waals surface area (Å²) in [4.78, 5) is 0. The molecule has 0 N–H and O–H groups in total. The zero-order chi connectivity index (χ0) is 14.4. The van der Waals surface area contributed by atoms with Gasteiger partial charge in [-0.2, -0.15) is 10.5 Å². The van der Waals surface area contributed by atoms with Gasteiger partial charge in [0.2, 0.25) is 0 Å². The molecule has 0 spiro atoms. The first kappa shape index (κ1) is 13.6. The molecular formula is C17H14N2O. The highest BCUT2D eigenvalue weighted by atomic mass is 16.5. The molecule has 98 valence electrons. The fourth-order valence-electron chi connectivity index (χ4n) is 2.23. The predicted octanol–water partition coefficient (Wildman–Crippen LogP) is 3.36. The van der Waals surface area contributed by atoms with Crippen LogP contribution >= 0.6 is 0 Å². The van der Waals surface area contributed by atoms with Crippen molar-refractivity contribution in [2.45, 2.75) is 12.3 Å². The first-order valence-electron chi connectivity index (χ1n) is 6.28. The Morgan fingerprint density at radius 1 is 0.950 bits per heavy atom. The van der Waals surface area contributed by atoms with Crippen LogP contribution in [0.4, 0.5) is 0 Å². The van der Waals surface area contributed by atoms with Gasteiger partial charge in [0.1, 0.15) is 6.61 Å². The molecule has 0 aliphatic rings. The summed E-state index contributed by atoms with van der Waals surface area (Å²) in [6.07, 6.45) is 1.73. The monoisotopic (exact) mass is 262 g/mol.